The van der Waals surface area contributed by atoms with E-state index in [0.29, 0.717) is 56.5 Å². The molecule has 1 aliphatic carbocycles. The van der Waals surface area contributed by atoms with Gasteiger partial charge in [-0.25, -0.2) is 15.0 Å². The predicted octanol–water partition coefficient (Wildman–Crippen LogP) is 4.96. The summed E-state index contributed by atoms with van der Waals surface area (Å²) in [5.41, 5.74) is 4.72. The van der Waals surface area contributed by atoms with E-state index in [1.165, 1.54) is 6.20 Å². The number of rotatable bonds is 8. The minimum Gasteiger partial charge on any atom is -0.489 e. The second kappa shape index (κ2) is 16.2. The Labute approximate surface area is 312 Å². The molecule has 0 radical (unpaired) electrons. The van der Waals surface area contributed by atoms with Gasteiger partial charge in [0.2, 0.25) is 5.91 Å². The van der Waals surface area contributed by atoms with Crippen molar-refractivity contribution in [2.75, 3.05) is 44.2 Å². The summed E-state index contributed by atoms with van der Waals surface area (Å²) in [5.74, 6) is 1.22. The zero-order valence-corrected chi connectivity index (χ0v) is 30.5. The molecule has 4 aromatic rings. The maximum absolute atomic E-state index is 13.5. The summed E-state index contributed by atoms with van der Waals surface area (Å²) in [6, 6.07) is 11.0. The zero-order valence-electron chi connectivity index (χ0n) is 29.8. The second-order valence-corrected chi connectivity index (χ2v) is 14.3. The average Bonchev–Trinajstić information content (AvgIpc) is 3.18. The molecular formula is C39H42ClN9O4. The monoisotopic (exact) mass is 735 g/mol. The van der Waals surface area contributed by atoms with E-state index in [-0.39, 0.29) is 40.1 Å². The van der Waals surface area contributed by atoms with Gasteiger partial charge in [0.05, 0.1) is 33.9 Å². The van der Waals surface area contributed by atoms with Crippen molar-refractivity contribution in [2.45, 2.75) is 64.5 Å². The highest BCUT2D eigenvalue weighted by Gasteiger charge is 2.31. The van der Waals surface area contributed by atoms with Crippen molar-refractivity contribution >= 4 is 46.0 Å². The normalized spacial score (nSPS) is 18.5. The number of aliphatic imine (C=N–C) groups is 1. The summed E-state index contributed by atoms with van der Waals surface area (Å²) < 4.78 is 5.99. The van der Waals surface area contributed by atoms with Crippen molar-refractivity contribution in [2.24, 2.45) is 10.9 Å². The number of hydrogen-bond donors (Lipinski definition) is 1. The Hall–Kier alpha value is -5.19. The number of aryl methyl sites for hydroxylation is 1. The number of ether oxygens (including phenoxy) is 1. The quantitative estimate of drug-likeness (QED) is 0.262. The molecule has 3 fully saturated rings. The number of H-pyrrole nitrogens is 1. The van der Waals surface area contributed by atoms with Gasteiger partial charge in [-0.2, -0.15) is 5.26 Å². The molecule has 0 bridgehead atoms. The number of carbonyl (C=O) groups excluding carboxylic acids is 2. The number of halogens is 1. The lowest BCUT2D eigenvalue weighted by Gasteiger charge is -2.38. The Morgan fingerprint density at radius 2 is 1.75 bits per heavy atom. The summed E-state index contributed by atoms with van der Waals surface area (Å²) in [6.07, 6.45) is 9.83. The van der Waals surface area contributed by atoms with Crippen LogP contribution in [-0.4, -0.2) is 92.6 Å². The highest BCUT2D eigenvalue weighted by atomic mass is 35.5. The lowest BCUT2D eigenvalue weighted by atomic mass is 9.95. The summed E-state index contributed by atoms with van der Waals surface area (Å²) >= 11 is 6.07. The van der Waals surface area contributed by atoms with Crippen LogP contribution in [0.4, 0.5) is 5.82 Å². The molecule has 7 rings (SSSR count). The number of aromatic nitrogens is 4. The van der Waals surface area contributed by atoms with Crippen molar-refractivity contribution in [3.63, 3.8) is 0 Å². The summed E-state index contributed by atoms with van der Waals surface area (Å²) in [7, 11) is 0. The van der Waals surface area contributed by atoms with Crippen LogP contribution in [0.3, 0.4) is 0 Å². The van der Waals surface area contributed by atoms with Crippen molar-refractivity contribution in [3.05, 3.63) is 86.7 Å². The fourth-order valence-electron chi connectivity index (χ4n) is 7.34. The number of fused-ring (bicyclic) bond motifs is 1. The van der Waals surface area contributed by atoms with E-state index in [4.69, 9.17) is 21.6 Å². The van der Waals surface area contributed by atoms with Crippen LogP contribution in [0.5, 0.6) is 5.75 Å². The molecule has 13 nitrogen and oxygen atoms in total. The molecule has 0 aromatic carbocycles. The van der Waals surface area contributed by atoms with E-state index >= 15 is 0 Å². The molecule has 0 atom stereocenters. The standard InChI is InChI=1S/C39H42ClN9O4/c1-2-26-18-33-34(46-37(26)50)17-25(21-42-33)24-47-13-15-49(16-14-47)39(52)27-9-11-48(12-10-27)36-8-3-28(22-44-36)38(51)45-29-4-6-30(7-5-29)53-31-19-32(40)35(20-41)43-23-31/h3,8,17-19,21-23,27,30H,2,4-7,9-16,24H2,1H3,(H,46,50). The van der Waals surface area contributed by atoms with Crippen LogP contribution >= 0.6 is 11.6 Å². The molecule has 1 N–H and O–H groups in total. The highest BCUT2D eigenvalue weighted by molar-refractivity contribution is 6.31. The highest BCUT2D eigenvalue weighted by Crippen LogP contribution is 2.27. The van der Waals surface area contributed by atoms with Crippen LogP contribution in [0.15, 0.2) is 58.7 Å². The maximum Gasteiger partial charge on any atom is 0.278 e. The number of carbonyl (C=O) groups is 2. The van der Waals surface area contributed by atoms with E-state index in [1.807, 2.05) is 42.3 Å². The second-order valence-electron chi connectivity index (χ2n) is 13.9. The number of aromatic amines is 1. The van der Waals surface area contributed by atoms with Gasteiger partial charge in [-0.3, -0.25) is 24.3 Å². The number of nitrogens with one attached hydrogen (secondary N) is 1. The Balaban J connectivity index is 0.839. The molecular weight excluding hydrogens is 694 g/mol. The Bertz CT molecular complexity index is 2100. The van der Waals surface area contributed by atoms with E-state index in [9.17, 15) is 14.4 Å². The molecule has 53 heavy (non-hydrogen) atoms. The van der Waals surface area contributed by atoms with E-state index in [1.54, 1.807) is 18.3 Å². The first-order valence-corrected chi connectivity index (χ1v) is 18.7. The molecule has 0 spiro atoms. The number of pyridine rings is 4. The number of piperidine rings is 1. The zero-order chi connectivity index (χ0) is 36.9. The van der Waals surface area contributed by atoms with Crippen molar-refractivity contribution in [1.29, 1.82) is 5.26 Å². The van der Waals surface area contributed by atoms with Gasteiger partial charge in [0, 0.05) is 81.5 Å². The number of amides is 2. The molecule has 274 valence electrons. The first-order valence-electron chi connectivity index (χ1n) is 18.3. The largest absolute Gasteiger partial charge is 0.489 e. The number of nitrogens with zero attached hydrogens (tertiary/aromatic N) is 8. The lowest BCUT2D eigenvalue weighted by Crippen LogP contribution is -2.51. The van der Waals surface area contributed by atoms with Crippen LogP contribution in [0.2, 0.25) is 5.02 Å². The number of piperazine rings is 1. The number of hydrogen-bond acceptors (Lipinski definition) is 10. The van der Waals surface area contributed by atoms with Gasteiger partial charge in [0.25, 0.3) is 11.5 Å². The van der Waals surface area contributed by atoms with E-state index in [0.717, 1.165) is 79.3 Å². The van der Waals surface area contributed by atoms with Gasteiger partial charge in [-0.15, -0.1) is 0 Å². The fourth-order valence-corrected chi connectivity index (χ4v) is 7.53. The number of anilines is 1. The van der Waals surface area contributed by atoms with Crippen LogP contribution in [0.25, 0.3) is 11.0 Å². The SMILES string of the molecule is CCc1cc2ncc(CN3CCN(C(=O)C4CCN(c5ccc(C(=O)N=C6CCC(Oc7cnc(C#N)c(Cl)c7)CC6)cn5)CC4)CC3)cc2[nH]c1=O. The summed E-state index contributed by atoms with van der Waals surface area (Å²) in [4.78, 5) is 65.7. The van der Waals surface area contributed by atoms with Crippen molar-refractivity contribution in [1.82, 2.24) is 29.7 Å². The smallest absolute Gasteiger partial charge is 0.278 e. The third-order valence-corrected chi connectivity index (χ3v) is 10.7. The van der Waals surface area contributed by atoms with Gasteiger partial charge in [0.15, 0.2) is 5.69 Å². The molecule has 14 heteroatoms. The Kier molecular flexibility index (Phi) is 11.1. The maximum atomic E-state index is 13.5. The number of nitriles is 1. The first kappa shape index (κ1) is 36.2. The third-order valence-electron chi connectivity index (χ3n) is 10.5. The Morgan fingerprint density at radius 3 is 2.43 bits per heavy atom. The van der Waals surface area contributed by atoms with Crippen LogP contribution in [0, 0.1) is 17.2 Å². The minimum atomic E-state index is -0.304. The molecule has 6 heterocycles. The Morgan fingerprint density at radius 1 is 0.981 bits per heavy atom. The molecule has 2 aliphatic heterocycles. The fraction of sp³-hybridized carbons (Fsp3) is 0.436. The summed E-state index contributed by atoms with van der Waals surface area (Å²) in [6.45, 7) is 7.09. The average molecular weight is 736 g/mol. The topological polar surface area (TPSA) is 161 Å². The molecule has 3 aliphatic rings. The minimum absolute atomic E-state index is 0.0110. The van der Waals surface area contributed by atoms with Crippen LogP contribution in [0.1, 0.15) is 72.6 Å². The first-order chi connectivity index (χ1) is 25.8. The third kappa shape index (κ3) is 8.56. The molecule has 2 saturated heterocycles. The van der Waals surface area contributed by atoms with Gasteiger partial charge in [0.1, 0.15) is 17.6 Å². The van der Waals surface area contributed by atoms with Crippen LogP contribution < -0.4 is 15.2 Å². The van der Waals surface area contributed by atoms with Gasteiger partial charge in [-0.05, 0) is 74.8 Å². The predicted molar refractivity (Wildman–Crippen MR) is 201 cm³/mol. The van der Waals surface area contributed by atoms with Crippen LogP contribution in [-0.2, 0) is 17.8 Å². The van der Waals surface area contributed by atoms with Crippen molar-refractivity contribution in [3.8, 4) is 11.8 Å². The molecule has 1 saturated carbocycles. The van der Waals surface area contributed by atoms with E-state index in [2.05, 4.69) is 34.7 Å². The van der Waals surface area contributed by atoms with Gasteiger partial charge >= 0.3 is 0 Å². The molecule has 4 aromatic heterocycles. The van der Waals surface area contributed by atoms with E-state index < -0.39 is 0 Å². The molecule has 2 amide bonds. The van der Waals surface area contributed by atoms with Gasteiger partial charge in [-0.1, -0.05) is 18.5 Å². The lowest BCUT2D eigenvalue weighted by molar-refractivity contribution is -0.138. The summed E-state index contributed by atoms with van der Waals surface area (Å²) in [5, 5.41) is 9.27. The van der Waals surface area contributed by atoms with Crippen molar-refractivity contribution < 1.29 is 14.3 Å². The van der Waals surface area contributed by atoms with Gasteiger partial charge < -0.3 is 19.5 Å². The molecule has 0 unspecified atom stereocenters.